The number of carbonyl (C=O) groups is 1. The lowest BCUT2D eigenvalue weighted by molar-refractivity contribution is -0.116. The Hall–Kier alpha value is -3.22. The molecular formula is C17H17N3O4. The second-order valence-electron chi connectivity index (χ2n) is 5.31. The fourth-order valence-corrected chi connectivity index (χ4v) is 2.28. The van der Waals surface area contributed by atoms with Crippen LogP contribution in [0.1, 0.15) is 6.92 Å². The predicted octanol–water partition coefficient (Wildman–Crippen LogP) is 2.57. The van der Waals surface area contributed by atoms with Gasteiger partial charge in [0.05, 0.1) is 12.6 Å². The Kier molecular flexibility index (Phi) is 4.24. The van der Waals surface area contributed by atoms with Gasteiger partial charge in [-0.3, -0.25) is 9.78 Å². The number of benzene rings is 2. The van der Waals surface area contributed by atoms with Crippen LogP contribution in [-0.2, 0) is 4.79 Å². The first kappa shape index (κ1) is 15.7. The Morgan fingerprint density at radius 2 is 1.88 bits per heavy atom. The van der Waals surface area contributed by atoms with E-state index in [2.05, 4.69) is 15.6 Å². The molecule has 7 heteroatoms. The van der Waals surface area contributed by atoms with Crippen LogP contribution in [0, 0.1) is 0 Å². The van der Waals surface area contributed by atoms with E-state index in [1.165, 1.54) is 0 Å². The summed E-state index contributed by atoms with van der Waals surface area (Å²) in [6, 6.07) is 11.8. The van der Waals surface area contributed by atoms with Gasteiger partial charge in [0.1, 0.15) is 11.8 Å². The molecule has 0 radical (unpaired) electrons. The highest BCUT2D eigenvalue weighted by molar-refractivity contribution is 5.96. The number of H-pyrrole nitrogens is 1. The van der Waals surface area contributed by atoms with Gasteiger partial charge in [-0.2, -0.15) is 0 Å². The number of carbonyl (C=O) groups excluding carboxylic acids is 1. The van der Waals surface area contributed by atoms with Crippen molar-refractivity contribution in [2.24, 2.45) is 0 Å². The maximum absolute atomic E-state index is 12.3. The Morgan fingerprint density at radius 1 is 1.17 bits per heavy atom. The van der Waals surface area contributed by atoms with E-state index in [1.54, 1.807) is 56.5 Å². The molecule has 0 fully saturated rings. The van der Waals surface area contributed by atoms with Crippen LogP contribution in [0.3, 0.4) is 0 Å². The largest absolute Gasteiger partial charge is 0.497 e. The zero-order chi connectivity index (χ0) is 17.1. The van der Waals surface area contributed by atoms with Gasteiger partial charge in [-0.1, -0.05) is 0 Å². The normalized spacial score (nSPS) is 11.9. The molecule has 3 rings (SSSR count). The van der Waals surface area contributed by atoms with Gasteiger partial charge in [0.15, 0.2) is 5.58 Å². The standard InChI is InChI=1S/C17H17N3O4/c1-10(16(21)19-11-3-6-13(23-2)7-4-11)18-12-5-8-15-14(9-12)20-17(22)24-15/h3-10,18H,1-2H3,(H,19,21)(H,20,22). The number of fused-ring (bicyclic) bond motifs is 1. The summed E-state index contributed by atoms with van der Waals surface area (Å²) in [5.41, 5.74) is 2.44. The molecule has 0 aliphatic heterocycles. The van der Waals surface area contributed by atoms with Gasteiger partial charge < -0.3 is 19.8 Å². The average Bonchev–Trinajstić information content (AvgIpc) is 2.94. The topological polar surface area (TPSA) is 96.4 Å². The lowest BCUT2D eigenvalue weighted by atomic mass is 10.2. The minimum absolute atomic E-state index is 0.180. The van der Waals surface area contributed by atoms with Crippen LogP contribution in [0.5, 0.6) is 5.75 Å². The summed E-state index contributed by atoms with van der Waals surface area (Å²) in [6.07, 6.45) is 0. The molecule has 124 valence electrons. The number of anilines is 2. The number of oxazole rings is 1. The number of aromatic amines is 1. The number of aromatic nitrogens is 1. The van der Waals surface area contributed by atoms with Crippen LogP contribution in [0.2, 0.25) is 0 Å². The van der Waals surface area contributed by atoms with Gasteiger partial charge in [-0.25, -0.2) is 4.79 Å². The van der Waals surface area contributed by atoms with Gasteiger partial charge in [0.2, 0.25) is 5.91 Å². The molecule has 0 bridgehead atoms. The van der Waals surface area contributed by atoms with Crippen LogP contribution in [-0.4, -0.2) is 24.0 Å². The fourth-order valence-electron chi connectivity index (χ4n) is 2.28. The van der Waals surface area contributed by atoms with Crippen molar-refractivity contribution in [3.63, 3.8) is 0 Å². The van der Waals surface area contributed by atoms with E-state index in [-0.39, 0.29) is 5.91 Å². The first-order chi connectivity index (χ1) is 11.5. The number of amides is 1. The Labute approximate surface area is 137 Å². The summed E-state index contributed by atoms with van der Waals surface area (Å²) < 4.78 is 10.0. The molecule has 0 saturated heterocycles. The van der Waals surface area contributed by atoms with Crippen molar-refractivity contribution < 1.29 is 13.9 Å². The molecule has 1 aromatic heterocycles. The number of ether oxygens (including phenoxy) is 1. The molecule has 3 N–H and O–H groups in total. The summed E-state index contributed by atoms with van der Waals surface area (Å²) in [5.74, 6) is 0.0370. The average molecular weight is 327 g/mol. The summed E-state index contributed by atoms with van der Waals surface area (Å²) >= 11 is 0. The van der Waals surface area contributed by atoms with E-state index < -0.39 is 11.8 Å². The Morgan fingerprint density at radius 3 is 2.58 bits per heavy atom. The van der Waals surface area contributed by atoms with Crippen molar-refractivity contribution in [1.29, 1.82) is 0 Å². The lowest BCUT2D eigenvalue weighted by Gasteiger charge is -2.15. The highest BCUT2D eigenvalue weighted by Crippen LogP contribution is 2.18. The van der Waals surface area contributed by atoms with Gasteiger partial charge >= 0.3 is 5.76 Å². The van der Waals surface area contributed by atoms with Crippen LogP contribution in [0.25, 0.3) is 11.1 Å². The van der Waals surface area contributed by atoms with Crippen molar-refractivity contribution in [3.05, 3.63) is 53.0 Å². The minimum Gasteiger partial charge on any atom is -0.497 e. The molecule has 1 heterocycles. The predicted molar refractivity (Wildman–Crippen MR) is 91.5 cm³/mol. The fraction of sp³-hybridized carbons (Fsp3) is 0.176. The zero-order valence-electron chi connectivity index (χ0n) is 13.3. The second kappa shape index (κ2) is 6.49. The van der Waals surface area contributed by atoms with Crippen LogP contribution >= 0.6 is 0 Å². The van der Waals surface area contributed by atoms with E-state index in [9.17, 15) is 9.59 Å². The molecule has 0 aliphatic carbocycles. The number of methoxy groups -OCH3 is 1. The Bertz CT molecular complexity index is 911. The second-order valence-corrected chi connectivity index (χ2v) is 5.31. The van der Waals surface area contributed by atoms with Crippen molar-refractivity contribution >= 4 is 28.4 Å². The monoisotopic (exact) mass is 327 g/mol. The molecule has 1 atom stereocenters. The summed E-state index contributed by atoms with van der Waals surface area (Å²) in [5, 5.41) is 5.91. The van der Waals surface area contributed by atoms with Crippen molar-refractivity contribution in [1.82, 2.24) is 4.98 Å². The molecule has 2 aromatic carbocycles. The molecule has 3 aromatic rings. The van der Waals surface area contributed by atoms with Gasteiger partial charge in [0, 0.05) is 11.4 Å². The number of hydrogen-bond donors (Lipinski definition) is 3. The smallest absolute Gasteiger partial charge is 0.417 e. The third-order valence-corrected chi connectivity index (χ3v) is 3.55. The molecule has 0 saturated carbocycles. The van der Waals surface area contributed by atoms with Crippen molar-refractivity contribution in [2.45, 2.75) is 13.0 Å². The molecular weight excluding hydrogens is 310 g/mol. The van der Waals surface area contributed by atoms with E-state index in [1.807, 2.05) is 0 Å². The van der Waals surface area contributed by atoms with E-state index in [0.29, 0.717) is 22.5 Å². The van der Waals surface area contributed by atoms with Crippen LogP contribution in [0.4, 0.5) is 11.4 Å². The highest BCUT2D eigenvalue weighted by Gasteiger charge is 2.13. The first-order valence-electron chi connectivity index (χ1n) is 7.39. The number of nitrogens with one attached hydrogen (secondary N) is 3. The maximum Gasteiger partial charge on any atom is 0.417 e. The summed E-state index contributed by atoms with van der Waals surface area (Å²) in [6.45, 7) is 1.75. The van der Waals surface area contributed by atoms with Crippen LogP contribution < -0.4 is 21.1 Å². The third kappa shape index (κ3) is 3.40. The SMILES string of the molecule is COc1ccc(NC(=O)C(C)Nc2ccc3oc(=O)[nH]c3c2)cc1. The minimum atomic E-state index is -0.507. The molecule has 1 unspecified atom stereocenters. The zero-order valence-corrected chi connectivity index (χ0v) is 13.3. The van der Waals surface area contributed by atoms with E-state index in [4.69, 9.17) is 9.15 Å². The van der Waals surface area contributed by atoms with E-state index >= 15 is 0 Å². The highest BCUT2D eigenvalue weighted by atomic mass is 16.5. The molecule has 24 heavy (non-hydrogen) atoms. The maximum atomic E-state index is 12.3. The van der Waals surface area contributed by atoms with Crippen molar-refractivity contribution in [2.75, 3.05) is 17.7 Å². The van der Waals surface area contributed by atoms with Gasteiger partial charge in [-0.05, 0) is 49.4 Å². The number of hydrogen-bond acceptors (Lipinski definition) is 5. The van der Waals surface area contributed by atoms with Gasteiger partial charge in [0.25, 0.3) is 0 Å². The summed E-state index contributed by atoms with van der Waals surface area (Å²) in [4.78, 5) is 26.0. The number of rotatable bonds is 5. The van der Waals surface area contributed by atoms with Gasteiger partial charge in [-0.15, -0.1) is 0 Å². The Balaban J connectivity index is 1.66. The molecule has 7 nitrogen and oxygen atoms in total. The van der Waals surface area contributed by atoms with Crippen molar-refractivity contribution in [3.8, 4) is 5.75 Å². The first-order valence-corrected chi connectivity index (χ1v) is 7.39. The summed E-state index contributed by atoms with van der Waals surface area (Å²) in [7, 11) is 1.59. The molecule has 0 aliphatic rings. The van der Waals surface area contributed by atoms with E-state index in [0.717, 1.165) is 5.75 Å². The quantitative estimate of drug-likeness (QED) is 0.669. The van der Waals surface area contributed by atoms with Crippen LogP contribution in [0.15, 0.2) is 51.7 Å². The molecule has 0 spiro atoms. The third-order valence-electron chi connectivity index (χ3n) is 3.55. The molecule has 1 amide bonds. The lowest BCUT2D eigenvalue weighted by Crippen LogP contribution is -2.31.